The van der Waals surface area contributed by atoms with E-state index >= 15 is 0 Å². The highest BCUT2D eigenvalue weighted by Gasteiger charge is 2.39. The van der Waals surface area contributed by atoms with Crippen molar-refractivity contribution in [3.05, 3.63) is 11.8 Å². The molecule has 2 heterocycles. The number of rotatable bonds is 1. The normalized spacial score (nSPS) is 38.3. The van der Waals surface area contributed by atoms with Crippen LogP contribution in [-0.4, -0.2) is 41.8 Å². The minimum atomic E-state index is -0.702. The Morgan fingerprint density at radius 2 is 2.40 bits per heavy atom. The highest BCUT2D eigenvalue weighted by Crippen LogP contribution is 2.34. The van der Waals surface area contributed by atoms with Gasteiger partial charge >= 0.3 is 0 Å². The summed E-state index contributed by atoms with van der Waals surface area (Å²) in [5, 5.41) is 10.6. The lowest BCUT2D eigenvalue weighted by molar-refractivity contribution is -0.0515. The van der Waals surface area contributed by atoms with Gasteiger partial charge in [-0.3, -0.25) is 0 Å². The Balaban J connectivity index is 2.09. The maximum absolute atomic E-state index is 10.6. The van der Waals surface area contributed by atoms with E-state index < -0.39 is 5.60 Å². The first-order valence-corrected chi connectivity index (χ1v) is 5.88. The van der Waals surface area contributed by atoms with E-state index in [1.165, 1.54) is 0 Å². The summed E-state index contributed by atoms with van der Waals surface area (Å²) in [6, 6.07) is 0.426. The van der Waals surface area contributed by atoms with Crippen LogP contribution in [0.15, 0.2) is 11.8 Å². The van der Waals surface area contributed by atoms with E-state index in [2.05, 4.69) is 24.9 Å². The molecule has 2 atom stereocenters. The van der Waals surface area contributed by atoms with Crippen molar-refractivity contribution in [2.24, 2.45) is 0 Å². The molecule has 2 aliphatic heterocycles. The third-order valence-electron chi connectivity index (χ3n) is 3.66. The van der Waals surface area contributed by atoms with Crippen molar-refractivity contribution in [2.45, 2.75) is 44.2 Å². The van der Waals surface area contributed by atoms with E-state index in [4.69, 9.17) is 4.74 Å². The molecule has 0 aromatic heterocycles. The van der Waals surface area contributed by atoms with Crippen LogP contribution in [0.25, 0.3) is 0 Å². The molecular formula is C12H21NO2. The Labute approximate surface area is 91.7 Å². The zero-order valence-electron chi connectivity index (χ0n) is 9.70. The van der Waals surface area contributed by atoms with Gasteiger partial charge in [-0.25, -0.2) is 0 Å². The number of piperidine rings is 1. The minimum absolute atomic E-state index is 0.426. The lowest BCUT2D eigenvalue weighted by Gasteiger charge is -2.42. The summed E-state index contributed by atoms with van der Waals surface area (Å²) < 4.78 is 5.60. The van der Waals surface area contributed by atoms with E-state index in [9.17, 15) is 5.11 Å². The van der Waals surface area contributed by atoms with E-state index in [0.717, 1.165) is 44.6 Å². The number of nitrogens with zero attached hydrogens (tertiary/aromatic N) is 1. The van der Waals surface area contributed by atoms with Crippen molar-refractivity contribution in [2.75, 3.05) is 20.2 Å². The van der Waals surface area contributed by atoms with Gasteiger partial charge in [-0.2, -0.15) is 0 Å². The predicted octanol–water partition coefficient (Wildman–Crippen LogP) is 1.53. The zero-order valence-corrected chi connectivity index (χ0v) is 9.70. The van der Waals surface area contributed by atoms with Crippen LogP contribution in [0.1, 0.15) is 32.6 Å². The largest absolute Gasteiger partial charge is 0.495 e. The van der Waals surface area contributed by atoms with Gasteiger partial charge in [0.25, 0.3) is 0 Å². The molecule has 0 aromatic carbocycles. The predicted molar refractivity (Wildman–Crippen MR) is 59.5 cm³/mol. The SMILES string of the molecule is CC1CC(O)(C2=CCCCO2)CCN1C. The first kappa shape index (κ1) is 11.0. The smallest absolute Gasteiger partial charge is 0.124 e. The number of allylic oxidation sites excluding steroid dienone is 1. The molecule has 2 aliphatic rings. The van der Waals surface area contributed by atoms with Crippen molar-refractivity contribution in [3.8, 4) is 0 Å². The molecule has 0 radical (unpaired) electrons. The monoisotopic (exact) mass is 211 g/mol. The summed E-state index contributed by atoms with van der Waals surface area (Å²) in [5.74, 6) is 0.828. The van der Waals surface area contributed by atoms with Gasteiger partial charge in [0.1, 0.15) is 11.4 Å². The maximum Gasteiger partial charge on any atom is 0.124 e. The van der Waals surface area contributed by atoms with Crippen LogP contribution in [0.5, 0.6) is 0 Å². The summed E-state index contributed by atoms with van der Waals surface area (Å²) in [7, 11) is 2.11. The van der Waals surface area contributed by atoms with E-state index in [1.807, 2.05) is 0 Å². The van der Waals surface area contributed by atoms with Gasteiger partial charge < -0.3 is 14.7 Å². The fraction of sp³-hybridized carbons (Fsp3) is 0.833. The Bertz CT molecular complexity index is 264. The molecule has 3 heteroatoms. The molecule has 0 bridgehead atoms. The second-order valence-corrected chi connectivity index (χ2v) is 4.87. The molecule has 0 aliphatic carbocycles. The van der Waals surface area contributed by atoms with Crippen LogP contribution in [-0.2, 0) is 4.74 Å². The van der Waals surface area contributed by atoms with Crippen molar-refractivity contribution in [1.29, 1.82) is 0 Å². The fourth-order valence-corrected chi connectivity index (χ4v) is 2.43. The standard InChI is InChI=1S/C12H21NO2/c1-10-9-12(14,6-7-13(10)2)11-5-3-4-8-15-11/h5,10,14H,3-4,6-9H2,1-2H3. The first-order chi connectivity index (χ1) is 7.12. The number of aliphatic hydroxyl groups is 1. The average Bonchev–Trinajstić information content (AvgIpc) is 2.26. The quantitative estimate of drug-likeness (QED) is 0.714. The summed E-state index contributed by atoms with van der Waals surface area (Å²) >= 11 is 0. The van der Waals surface area contributed by atoms with Gasteiger partial charge in [0, 0.05) is 12.6 Å². The molecule has 0 amide bonds. The molecule has 1 saturated heterocycles. The maximum atomic E-state index is 10.6. The molecular weight excluding hydrogens is 190 g/mol. The van der Waals surface area contributed by atoms with Gasteiger partial charge in [0.2, 0.25) is 0 Å². The van der Waals surface area contributed by atoms with Crippen molar-refractivity contribution < 1.29 is 9.84 Å². The van der Waals surface area contributed by atoms with Gasteiger partial charge in [0.15, 0.2) is 0 Å². The lowest BCUT2D eigenvalue weighted by atomic mass is 9.84. The minimum Gasteiger partial charge on any atom is -0.495 e. The van der Waals surface area contributed by atoms with Crippen LogP contribution in [0.4, 0.5) is 0 Å². The second-order valence-electron chi connectivity index (χ2n) is 4.87. The Morgan fingerprint density at radius 1 is 1.60 bits per heavy atom. The summed E-state index contributed by atoms with van der Waals surface area (Å²) in [6.45, 7) is 3.87. The van der Waals surface area contributed by atoms with Crippen LogP contribution < -0.4 is 0 Å². The molecule has 3 nitrogen and oxygen atoms in total. The molecule has 2 rings (SSSR count). The van der Waals surface area contributed by atoms with Gasteiger partial charge in [-0.05, 0) is 45.7 Å². The first-order valence-electron chi connectivity index (χ1n) is 5.88. The fourth-order valence-electron chi connectivity index (χ4n) is 2.43. The Morgan fingerprint density at radius 3 is 3.00 bits per heavy atom. The van der Waals surface area contributed by atoms with Crippen LogP contribution in [0.2, 0.25) is 0 Å². The van der Waals surface area contributed by atoms with Crippen molar-refractivity contribution >= 4 is 0 Å². The van der Waals surface area contributed by atoms with Crippen molar-refractivity contribution in [3.63, 3.8) is 0 Å². The second kappa shape index (κ2) is 4.14. The molecule has 1 fully saturated rings. The van der Waals surface area contributed by atoms with E-state index in [-0.39, 0.29) is 0 Å². The molecule has 86 valence electrons. The highest BCUT2D eigenvalue weighted by molar-refractivity contribution is 5.14. The van der Waals surface area contributed by atoms with Crippen LogP contribution in [0, 0.1) is 0 Å². The number of likely N-dealkylation sites (tertiary alicyclic amines) is 1. The third kappa shape index (κ3) is 2.18. The van der Waals surface area contributed by atoms with E-state index in [0.29, 0.717) is 6.04 Å². The third-order valence-corrected chi connectivity index (χ3v) is 3.66. The molecule has 2 unspecified atom stereocenters. The van der Waals surface area contributed by atoms with Crippen molar-refractivity contribution in [1.82, 2.24) is 4.90 Å². The lowest BCUT2D eigenvalue weighted by Crippen LogP contribution is -2.49. The molecule has 15 heavy (non-hydrogen) atoms. The number of hydrogen-bond donors (Lipinski definition) is 1. The number of hydrogen-bond acceptors (Lipinski definition) is 3. The molecule has 0 saturated carbocycles. The zero-order chi connectivity index (χ0) is 10.9. The topological polar surface area (TPSA) is 32.7 Å². The molecule has 1 N–H and O–H groups in total. The van der Waals surface area contributed by atoms with Gasteiger partial charge in [-0.15, -0.1) is 0 Å². The highest BCUT2D eigenvalue weighted by atomic mass is 16.5. The van der Waals surface area contributed by atoms with E-state index in [1.54, 1.807) is 0 Å². The van der Waals surface area contributed by atoms with Crippen LogP contribution in [0.3, 0.4) is 0 Å². The van der Waals surface area contributed by atoms with Crippen LogP contribution >= 0.6 is 0 Å². The molecule has 0 spiro atoms. The van der Waals surface area contributed by atoms with Gasteiger partial charge in [-0.1, -0.05) is 0 Å². The average molecular weight is 211 g/mol. The summed E-state index contributed by atoms with van der Waals surface area (Å²) in [4.78, 5) is 2.29. The Hall–Kier alpha value is -0.540. The molecule has 0 aromatic rings. The van der Waals surface area contributed by atoms with Gasteiger partial charge in [0.05, 0.1) is 6.61 Å². The summed E-state index contributed by atoms with van der Waals surface area (Å²) in [6.07, 6.45) is 5.77. The Kier molecular flexibility index (Phi) is 3.03. The number of ether oxygens (including phenoxy) is 1. The summed E-state index contributed by atoms with van der Waals surface area (Å²) in [5.41, 5.74) is -0.702.